The van der Waals surface area contributed by atoms with E-state index in [1.165, 1.54) is 6.92 Å². The minimum absolute atomic E-state index is 0.0819. The van der Waals surface area contributed by atoms with Crippen LogP contribution < -0.4 is 10.4 Å². The Morgan fingerprint density at radius 2 is 2.05 bits per heavy atom. The summed E-state index contributed by atoms with van der Waals surface area (Å²) >= 11 is 0. The molecule has 0 aliphatic rings. The molecule has 0 aliphatic carbocycles. The summed E-state index contributed by atoms with van der Waals surface area (Å²) in [5.74, 6) is -1.37. The van der Waals surface area contributed by atoms with E-state index in [4.69, 9.17) is 0 Å². The summed E-state index contributed by atoms with van der Waals surface area (Å²) in [6.07, 6.45) is 0.437. The number of hydrogen-bond acceptors (Lipinski definition) is 3. The van der Waals surface area contributed by atoms with Gasteiger partial charge in [-0.2, -0.15) is 0 Å². The maximum Gasteiger partial charge on any atom is 0.217 e. The predicted octanol–water partition coefficient (Wildman–Crippen LogP) is 0.598. The Labute approximate surface area is 110 Å². The third kappa shape index (κ3) is 2.76. The monoisotopic (exact) mass is 259 g/mol. The zero-order valence-electron chi connectivity index (χ0n) is 10.8. The zero-order chi connectivity index (χ0) is 14.0. The van der Waals surface area contributed by atoms with Gasteiger partial charge in [-0.25, -0.2) is 0 Å². The van der Waals surface area contributed by atoms with E-state index in [0.29, 0.717) is 12.0 Å². The number of carbonyl (C=O) groups is 2. The van der Waals surface area contributed by atoms with Crippen LogP contribution >= 0.6 is 0 Å². The van der Waals surface area contributed by atoms with Crippen LogP contribution in [0.1, 0.15) is 29.9 Å². The molecule has 0 unspecified atom stereocenters. The molecule has 0 saturated heterocycles. The summed E-state index contributed by atoms with van der Waals surface area (Å²) in [5.41, 5.74) is 1.50. The van der Waals surface area contributed by atoms with Crippen LogP contribution in [-0.2, 0) is 11.2 Å². The third-order valence-electron chi connectivity index (χ3n) is 2.98. The fourth-order valence-corrected chi connectivity index (χ4v) is 2.29. The molecule has 0 aliphatic heterocycles. The number of fused-ring (bicyclic) bond motifs is 1. The van der Waals surface area contributed by atoms with Crippen molar-refractivity contribution in [1.82, 2.24) is 10.3 Å². The summed E-state index contributed by atoms with van der Waals surface area (Å²) in [4.78, 5) is 25.0. The SMILES string of the molecule is CC(=O)N[C@@H](C)Cc1c(C(=O)[O-])[nH]c2ccccc12. The molecule has 0 bridgehead atoms. The largest absolute Gasteiger partial charge is 0.543 e. The number of aromatic amines is 1. The average Bonchev–Trinajstić information content (AvgIpc) is 2.67. The fourth-order valence-electron chi connectivity index (χ4n) is 2.29. The van der Waals surface area contributed by atoms with Gasteiger partial charge in [0.05, 0.1) is 11.7 Å². The molecule has 100 valence electrons. The molecule has 2 N–H and O–H groups in total. The van der Waals surface area contributed by atoms with E-state index in [-0.39, 0.29) is 17.6 Å². The topological polar surface area (TPSA) is 85.0 Å². The van der Waals surface area contributed by atoms with Gasteiger partial charge in [0.15, 0.2) is 0 Å². The van der Waals surface area contributed by atoms with Gasteiger partial charge in [0, 0.05) is 23.9 Å². The van der Waals surface area contributed by atoms with Gasteiger partial charge in [-0.3, -0.25) is 4.79 Å². The fraction of sp³-hybridized carbons (Fsp3) is 0.286. The smallest absolute Gasteiger partial charge is 0.217 e. The standard InChI is InChI=1S/C14H16N2O3/c1-8(15-9(2)17)7-11-10-5-3-4-6-12(10)16-13(11)14(18)19/h3-6,8,16H,7H2,1-2H3,(H,15,17)(H,18,19)/p-1/t8-/m0/s1. The van der Waals surface area contributed by atoms with Crippen LogP contribution in [0.15, 0.2) is 24.3 Å². The Morgan fingerprint density at radius 3 is 2.68 bits per heavy atom. The number of rotatable bonds is 4. The molecule has 19 heavy (non-hydrogen) atoms. The zero-order valence-corrected chi connectivity index (χ0v) is 10.8. The van der Waals surface area contributed by atoms with Crippen molar-refractivity contribution in [2.45, 2.75) is 26.3 Å². The second kappa shape index (κ2) is 5.14. The number of aromatic carboxylic acids is 1. The van der Waals surface area contributed by atoms with Crippen LogP contribution in [0.5, 0.6) is 0 Å². The molecular weight excluding hydrogens is 244 g/mol. The second-order valence-corrected chi connectivity index (χ2v) is 4.62. The highest BCUT2D eigenvalue weighted by molar-refractivity contribution is 5.96. The summed E-state index contributed by atoms with van der Waals surface area (Å²) in [7, 11) is 0. The van der Waals surface area contributed by atoms with Gasteiger partial charge in [-0.05, 0) is 25.0 Å². The first kappa shape index (κ1) is 13.1. The van der Waals surface area contributed by atoms with Crippen molar-refractivity contribution < 1.29 is 14.7 Å². The van der Waals surface area contributed by atoms with E-state index in [2.05, 4.69) is 10.3 Å². The number of hydrogen-bond donors (Lipinski definition) is 2. The van der Waals surface area contributed by atoms with E-state index < -0.39 is 5.97 Å². The molecule has 1 aromatic carbocycles. The van der Waals surface area contributed by atoms with Gasteiger partial charge < -0.3 is 20.2 Å². The van der Waals surface area contributed by atoms with Gasteiger partial charge in [0.2, 0.25) is 5.91 Å². The van der Waals surface area contributed by atoms with Crippen LogP contribution in [0.3, 0.4) is 0 Å². The number of benzene rings is 1. The minimum Gasteiger partial charge on any atom is -0.543 e. The average molecular weight is 259 g/mol. The molecule has 5 heteroatoms. The molecule has 0 spiro atoms. The van der Waals surface area contributed by atoms with Crippen molar-refractivity contribution in [3.8, 4) is 0 Å². The molecule has 2 rings (SSSR count). The second-order valence-electron chi connectivity index (χ2n) is 4.62. The first-order chi connectivity index (χ1) is 8.99. The molecular formula is C14H15N2O3-. The summed E-state index contributed by atoms with van der Waals surface area (Å²) in [5, 5.41) is 14.8. The third-order valence-corrected chi connectivity index (χ3v) is 2.98. The van der Waals surface area contributed by atoms with Crippen molar-refractivity contribution in [2.24, 2.45) is 0 Å². The molecule has 1 aromatic heterocycles. The van der Waals surface area contributed by atoms with Crippen LogP contribution in [0, 0.1) is 0 Å². The van der Waals surface area contributed by atoms with E-state index in [1.54, 1.807) is 0 Å². The predicted molar refractivity (Wildman–Crippen MR) is 69.6 cm³/mol. The minimum atomic E-state index is -1.23. The molecule has 1 amide bonds. The Kier molecular flexibility index (Phi) is 3.55. The molecule has 1 heterocycles. The number of carbonyl (C=O) groups excluding carboxylic acids is 2. The van der Waals surface area contributed by atoms with E-state index in [0.717, 1.165) is 10.9 Å². The Bertz CT molecular complexity index is 631. The highest BCUT2D eigenvalue weighted by Gasteiger charge is 2.15. The number of aromatic nitrogens is 1. The van der Waals surface area contributed by atoms with Crippen molar-refractivity contribution in [3.05, 3.63) is 35.5 Å². The molecule has 5 nitrogen and oxygen atoms in total. The number of para-hydroxylation sites is 1. The van der Waals surface area contributed by atoms with Crippen molar-refractivity contribution in [3.63, 3.8) is 0 Å². The summed E-state index contributed by atoms with van der Waals surface area (Å²) in [6.45, 7) is 3.27. The number of H-pyrrole nitrogens is 1. The highest BCUT2D eigenvalue weighted by Crippen LogP contribution is 2.23. The lowest BCUT2D eigenvalue weighted by Gasteiger charge is -2.13. The Hall–Kier alpha value is -2.30. The van der Waals surface area contributed by atoms with Gasteiger partial charge >= 0.3 is 0 Å². The lowest BCUT2D eigenvalue weighted by molar-refractivity contribution is -0.255. The summed E-state index contributed by atoms with van der Waals surface area (Å²) in [6, 6.07) is 7.21. The number of amides is 1. The molecule has 0 fully saturated rings. The molecule has 0 saturated carbocycles. The maximum absolute atomic E-state index is 11.2. The van der Waals surface area contributed by atoms with Crippen LogP contribution in [0.2, 0.25) is 0 Å². The Balaban J connectivity index is 2.42. The lowest BCUT2D eigenvalue weighted by Crippen LogP contribution is -2.33. The van der Waals surface area contributed by atoms with Gasteiger partial charge in [-0.15, -0.1) is 0 Å². The van der Waals surface area contributed by atoms with Crippen molar-refractivity contribution in [2.75, 3.05) is 0 Å². The summed E-state index contributed by atoms with van der Waals surface area (Å²) < 4.78 is 0. The number of nitrogens with one attached hydrogen (secondary N) is 2. The molecule has 1 atom stereocenters. The van der Waals surface area contributed by atoms with E-state index in [9.17, 15) is 14.7 Å². The van der Waals surface area contributed by atoms with Crippen LogP contribution in [0.4, 0.5) is 0 Å². The van der Waals surface area contributed by atoms with Crippen molar-refractivity contribution >= 4 is 22.8 Å². The quantitative estimate of drug-likeness (QED) is 0.843. The van der Waals surface area contributed by atoms with Crippen LogP contribution in [-0.4, -0.2) is 22.9 Å². The van der Waals surface area contributed by atoms with Gasteiger partial charge in [-0.1, -0.05) is 18.2 Å². The first-order valence-electron chi connectivity index (χ1n) is 6.07. The van der Waals surface area contributed by atoms with Crippen LogP contribution in [0.25, 0.3) is 10.9 Å². The number of carboxylic acid groups (broad SMARTS) is 1. The van der Waals surface area contributed by atoms with Gasteiger partial charge in [0.25, 0.3) is 0 Å². The first-order valence-corrected chi connectivity index (χ1v) is 6.07. The Morgan fingerprint density at radius 1 is 1.37 bits per heavy atom. The molecule has 0 radical (unpaired) electrons. The van der Waals surface area contributed by atoms with Gasteiger partial charge in [0.1, 0.15) is 0 Å². The normalized spacial score (nSPS) is 12.3. The highest BCUT2D eigenvalue weighted by atomic mass is 16.4. The number of carboxylic acids is 1. The molecule has 2 aromatic rings. The van der Waals surface area contributed by atoms with E-state index in [1.807, 2.05) is 31.2 Å². The van der Waals surface area contributed by atoms with E-state index >= 15 is 0 Å². The van der Waals surface area contributed by atoms with Crippen molar-refractivity contribution in [1.29, 1.82) is 0 Å². The lowest BCUT2D eigenvalue weighted by atomic mass is 10.0. The maximum atomic E-state index is 11.2.